The molecule has 1 fully saturated rings. The third-order valence-electron chi connectivity index (χ3n) is 5.60. The van der Waals surface area contributed by atoms with Crippen molar-refractivity contribution in [1.29, 1.82) is 0 Å². The first-order chi connectivity index (χ1) is 16.4. The molecule has 1 amide bonds. The minimum Gasteiger partial charge on any atom is -0.495 e. The molecule has 1 saturated heterocycles. The Balaban J connectivity index is 1.98. The van der Waals surface area contributed by atoms with E-state index in [9.17, 15) is 21.6 Å². The molecule has 0 bridgehead atoms. The topological polar surface area (TPSA) is 122 Å². The smallest absolute Gasteiger partial charge is 0.248 e. The third-order valence-corrected chi connectivity index (χ3v) is 8.96. The van der Waals surface area contributed by atoms with Crippen molar-refractivity contribution < 1.29 is 31.1 Å². The van der Waals surface area contributed by atoms with Crippen LogP contribution in [0.25, 0.3) is 0 Å². The number of sulfonamides is 2. The molecule has 10 nitrogen and oxygen atoms in total. The number of nitrogens with zero attached hydrogens (tertiary/aromatic N) is 2. The summed E-state index contributed by atoms with van der Waals surface area (Å²) in [5.41, 5.74) is 0.179. The van der Waals surface area contributed by atoms with Crippen LogP contribution >= 0.6 is 11.6 Å². The van der Waals surface area contributed by atoms with Crippen LogP contribution in [-0.2, 0) is 24.8 Å². The Morgan fingerprint density at radius 3 is 2.20 bits per heavy atom. The molecule has 0 spiro atoms. The second-order valence-corrected chi connectivity index (χ2v) is 12.2. The van der Waals surface area contributed by atoms with Crippen molar-refractivity contribution in [2.45, 2.75) is 30.7 Å². The molecule has 1 aliphatic rings. The number of ether oxygens (including phenoxy) is 2. The fourth-order valence-corrected chi connectivity index (χ4v) is 6.76. The van der Waals surface area contributed by atoms with Crippen LogP contribution < -0.4 is 19.1 Å². The first-order valence-electron chi connectivity index (χ1n) is 10.7. The zero-order valence-electron chi connectivity index (χ0n) is 19.8. The summed E-state index contributed by atoms with van der Waals surface area (Å²) < 4.78 is 64.2. The third kappa shape index (κ3) is 5.83. The maximum Gasteiger partial charge on any atom is 0.248 e. The molecule has 1 aliphatic heterocycles. The van der Waals surface area contributed by atoms with Crippen LogP contribution in [0.5, 0.6) is 11.5 Å². The number of amides is 1. The van der Waals surface area contributed by atoms with Crippen molar-refractivity contribution in [3.63, 3.8) is 0 Å². The Bertz CT molecular complexity index is 1310. The predicted molar refractivity (Wildman–Crippen MR) is 134 cm³/mol. The first kappa shape index (κ1) is 27.1. The summed E-state index contributed by atoms with van der Waals surface area (Å²) in [6.07, 6.45) is 2.52. The lowest BCUT2D eigenvalue weighted by Gasteiger charge is -2.29. The molecule has 0 aliphatic carbocycles. The van der Waals surface area contributed by atoms with Crippen LogP contribution in [0, 0.1) is 0 Å². The Hall–Kier alpha value is -2.54. The van der Waals surface area contributed by atoms with Gasteiger partial charge in [-0.2, -0.15) is 4.31 Å². The molecule has 2 aromatic carbocycles. The molecule has 1 N–H and O–H groups in total. The molecular formula is C22H28ClN3O7S2. The van der Waals surface area contributed by atoms with Crippen molar-refractivity contribution >= 4 is 48.9 Å². The van der Waals surface area contributed by atoms with E-state index in [1.807, 2.05) is 0 Å². The highest BCUT2D eigenvalue weighted by molar-refractivity contribution is 7.92. The van der Waals surface area contributed by atoms with Gasteiger partial charge in [-0.05, 0) is 56.2 Å². The maximum absolute atomic E-state index is 13.2. The summed E-state index contributed by atoms with van der Waals surface area (Å²) in [6.45, 7) is 2.25. The molecule has 3 rings (SSSR count). The van der Waals surface area contributed by atoms with Gasteiger partial charge in [0.25, 0.3) is 0 Å². The molecule has 192 valence electrons. The lowest BCUT2D eigenvalue weighted by molar-refractivity contribution is -0.116. The molecule has 0 aromatic heterocycles. The van der Waals surface area contributed by atoms with Crippen LogP contribution in [0.15, 0.2) is 41.3 Å². The Labute approximate surface area is 210 Å². The van der Waals surface area contributed by atoms with Crippen LogP contribution in [-0.4, -0.2) is 66.7 Å². The number of anilines is 2. The number of hydrogen-bond donors (Lipinski definition) is 1. The highest BCUT2D eigenvalue weighted by atomic mass is 35.5. The van der Waals surface area contributed by atoms with Crippen molar-refractivity contribution in [3.05, 3.63) is 41.4 Å². The van der Waals surface area contributed by atoms with Gasteiger partial charge in [-0.3, -0.25) is 9.10 Å². The van der Waals surface area contributed by atoms with E-state index in [2.05, 4.69) is 5.32 Å². The highest BCUT2D eigenvalue weighted by Gasteiger charge is 2.33. The summed E-state index contributed by atoms with van der Waals surface area (Å²) in [6, 6.07) is 7.32. The van der Waals surface area contributed by atoms with Crippen molar-refractivity contribution in [2.75, 3.05) is 43.2 Å². The quantitative estimate of drug-likeness (QED) is 0.514. The van der Waals surface area contributed by atoms with Gasteiger partial charge in [0.2, 0.25) is 26.0 Å². The molecule has 1 heterocycles. The normalized spacial score (nSPS) is 15.5. The van der Waals surface area contributed by atoms with Crippen LogP contribution in [0.2, 0.25) is 5.02 Å². The lowest BCUT2D eigenvalue weighted by Crippen LogP contribution is -2.45. The van der Waals surface area contributed by atoms with E-state index < -0.39 is 32.0 Å². The summed E-state index contributed by atoms with van der Waals surface area (Å²) >= 11 is 6.08. The monoisotopic (exact) mass is 545 g/mol. The molecule has 0 unspecified atom stereocenters. The van der Waals surface area contributed by atoms with Crippen LogP contribution in [0.3, 0.4) is 0 Å². The number of hydrogen-bond acceptors (Lipinski definition) is 7. The second-order valence-electron chi connectivity index (χ2n) is 8.01. The number of nitrogens with one attached hydrogen (secondary N) is 1. The first-order valence-corrected chi connectivity index (χ1v) is 14.4. The standard InChI is InChI=1S/C22H28ClN3O7S2/c1-15(26(34(4,28)29)19-13-16(23)7-9-21(19)33-3)22(27)24-18-14-17(8-10-20(18)32-2)35(30,31)25-11-5-6-12-25/h7-10,13-15H,5-6,11-12H2,1-4H3,(H,24,27)/t15-/m1/s1. The van der Waals surface area contributed by atoms with Crippen molar-refractivity contribution in [1.82, 2.24) is 4.31 Å². The minimum atomic E-state index is -3.96. The number of rotatable bonds is 9. The average Bonchev–Trinajstić information content (AvgIpc) is 3.34. The fraction of sp³-hybridized carbons (Fsp3) is 0.409. The second kappa shape index (κ2) is 10.6. The van der Waals surface area contributed by atoms with E-state index in [1.165, 1.54) is 61.8 Å². The Kier molecular flexibility index (Phi) is 8.20. The van der Waals surface area contributed by atoms with Crippen LogP contribution in [0.1, 0.15) is 19.8 Å². The van der Waals surface area contributed by atoms with E-state index in [4.69, 9.17) is 21.1 Å². The highest BCUT2D eigenvalue weighted by Crippen LogP contribution is 2.35. The van der Waals surface area contributed by atoms with Gasteiger partial charge < -0.3 is 14.8 Å². The predicted octanol–water partition coefficient (Wildman–Crippen LogP) is 2.93. The van der Waals surface area contributed by atoms with Gasteiger partial charge in [0.15, 0.2) is 0 Å². The molecule has 0 radical (unpaired) electrons. The van der Waals surface area contributed by atoms with Gasteiger partial charge in [0, 0.05) is 18.1 Å². The SMILES string of the molecule is COc1ccc(S(=O)(=O)N2CCCC2)cc1NC(=O)[C@@H](C)N(c1cc(Cl)ccc1OC)S(C)(=O)=O. The van der Waals surface area contributed by atoms with Crippen molar-refractivity contribution in [3.8, 4) is 11.5 Å². The van der Waals surface area contributed by atoms with Gasteiger partial charge in [0.1, 0.15) is 17.5 Å². The van der Waals surface area contributed by atoms with E-state index in [-0.39, 0.29) is 32.8 Å². The van der Waals surface area contributed by atoms with Gasteiger partial charge >= 0.3 is 0 Å². The van der Waals surface area contributed by atoms with Gasteiger partial charge in [-0.15, -0.1) is 0 Å². The van der Waals surface area contributed by atoms with Gasteiger partial charge in [-0.25, -0.2) is 16.8 Å². The molecule has 2 aromatic rings. The van der Waals surface area contributed by atoms with Gasteiger partial charge in [0.05, 0.1) is 36.7 Å². The summed E-state index contributed by atoms with van der Waals surface area (Å²) in [7, 11) is -4.96. The van der Waals surface area contributed by atoms with E-state index >= 15 is 0 Å². The molecular weight excluding hydrogens is 518 g/mol. The Morgan fingerprint density at radius 2 is 1.63 bits per heavy atom. The molecule has 13 heteroatoms. The van der Waals surface area contributed by atoms with Gasteiger partial charge in [-0.1, -0.05) is 11.6 Å². The molecule has 0 saturated carbocycles. The average molecular weight is 546 g/mol. The maximum atomic E-state index is 13.2. The van der Waals surface area contributed by atoms with E-state index in [0.29, 0.717) is 13.1 Å². The Morgan fingerprint density at radius 1 is 1.03 bits per heavy atom. The summed E-state index contributed by atoms with van der Waals surface area (Å²) in [4.78, 5) is 13.2. The summed E-state index contributed by atoms with van der Waals surface area (Å²) in [5, 5.41) is 2.87. The van der Waals surface area contributed by atoms with E-state index in [0.717, 1.165) is 23.4 Å². The lowest BCUT2D eigenvalue weighted by atomic mass is 10.2. The molecule has 35 heavy (non-hydrogen) atoms. The number of halogens is 1. The number of methoxy groups -OCH3 is 2. The zero-order valence-corrected chi connectivity index (χ0v) is 22.2. The van der Waals surface area contributed by atoms with Crippen LogP contribution in [0.4, 0.5) is 11.4 Å². The number of carbonyl (C=O) groups is 1. The molecule has 1 atom stereocenters. The fourth-order valence-electron chi connectivity index (χ4n) is 3.88. The van der Waals surface area contributed by atoms with E-state index in [1.54, 1.807) is 0 Å². The zero-order chi connectivity index (χ0) is 26.0. The number of benzene rings is 2. The number of carbonyl (C=O) groups excluding carboxylic acids is 1. The minimum absolute atomic E-state index is 0.000340. The van der Waals surface area contributed by atoms with Crippen molar-refractivity contribution in [2.24, 2.45) is 0 Å². The largest absolute Gasteiger partial charge is 0.495 e. The summed E-state index contributed by atoms with van der Waals surface area (Å²) in [5.74, 6) is -0.292.